The number of fused-ring (bicyclic) bond motifs is 2. The van der Waals surface area contributed by atoms with Gasteiger partial charge in [0.1, 0.15) is 0 Å². The van der Waals surface area contributed by atoms with E-state index in [0.29, 0.717) is 37.5 Å². The number of alkyl halides is 3. The van der Waals surface area contributed by atoms with E-state index in [9.17, 15) is 18.0 Å². The summed E-state index contributed by atoms with van der Waals surface area (Å²) in [6.45, 7) is 1.75. The SMILES string of the molecule is O=C(NCCC1CCN(CC(F)(F)F)CC1)N1C[C@H]2CC[C@H]1C2. The second-order valence-corrected chi connectivity index (χ2v) is 7.34. The predicted octanol–water partition coefficient (Wildman–Crippen LogP) is 2.84. The van der Waals surface area contributed by atoms with Gasteiger partial charge in [-0.05, 0) is 63.5 Å². The molecule has 1 N–H and O–H groups in total. The summed E-state index contributed by atoms with van der Waals surface area (Å²) in [7, 11) is 0. The zero-order valence-corrected chi connectivity index (χ0v) is 13.4. The number of nitrogens with zero attached hydrogens (tertiary/aromatic N) is 2. The number of nitrogens with one attached hydrogen (secondary N) is 1. The lowest BCUT2D eigenvalue weighted by atomic mass is 9.93. The zero-order chi connectivity index (χ0) is 16.4. The third-order valence-electron chi connectivity index (χ3n) is 5.61. The van der Waals surface area contributed by atoms with Crippen molar-refractivity contribution < 1.29 is 18.0 Å². The van der Waals surface area contributed by atoms with E-state index in [2.05, 4.69) is 5.32 Å². The van der Waals surface area contributed by atoms with E-state index in [0.717, 1.165) is 38.6 Å². The van der Waals surface area contributed by atoms with Crippen molar-refractivity contribution in [3.05, 3.63) is 0 Å². The number of likely N-dealkylation sites (tertiary alicyclic amines) is 2. The molecule has 1 aliphatic carbocycles. The molecule has 2 bridgehead atoms. The number of rotatable bonds is 4. The van der Waals surface area contributed by atoms with Crippen LogP contribution in [0.4, 0.5) is 18.0 Å². The fourth-order valence-corrected chi connectivity index (χ4v) is 4.34. The van der Waals surface area contributed by atoms with Crippen LogP contribution in [-0.2, 0) is 0 Å². The van der Waals surface area contributed by atoms with Gasteiger partial charge < -0.3 is 10.2 Å². The van der Waals surface area contributed by atoms with Gasteiger partial charge in [-0.15, -0.1) is 0 Å². The quantitative estimate of drug-likeness (QED) is 0.859. The van der Waals surface area contributed by atoms with Gasteiger partial charge >= 0.3 is 12.2 Å². The Morgan fingerprint density at radius 2 is 1.87 bits per heavy atom. The number of hydrogen-bond acceptors (Lipinski definition) is 2. The molecule has 2 heterocycles. The molecule has 0 aromatic heterocycles. The normalized spacial score (nSPS) is 29.3. The summed E-state index contributed by atoms with van der Waals surface area (Å²) in [5, 5.41) is 3.00. The van der Waals surface area contributed by atoms with Crippen LogP contribution in [0, 0.1) is 11.8 Å². The molecule has 4 nitrogen and oxygen atoms in total. The first-order chi connectivity index (χ1) is 10.9. The first-order valence-electron chi connectivity index (χ1n) is 8.74. The average Bonchev–Trinajstić information content (AvgIpc) is 3.10. The van der Waals surface area contributed by atoms with Gasteiger partial charge in [0.2, 0.25) is 0 Å². The van der Waals surface area contributed by atoms with Crippen LogP contribution < -0.4 is 5.32 Å². The number of urea groups is 1. The topological polar surface area (TPSA) is 35.6 Å². The van der Waals surface area contributed by atoms with Gasteiger partial charge in [0.25, 0.3) is 0 Å². The van der Waals surface area contributed by atoms with Gasteiger partial charge in [-0.3, -0.25) is 4.90 Å². The Morgan fingerprint density at radius 3 is 2.43 bits per heavy atom. The predicted molar refractivity (Wildman–Crippen MR) is 81.1 cm³/mol. The summed E-state index contributed by atoms with van der Waals surface area (Å²) in [6, 6.07) is 0.484. The second kappa shape index (κ2) is 6.87. The number of piperidine rings is 2. The van der Waals surface area contributed by atoms with E-state index >= 15 is 0 Å². The molecule has 3 fully saturated rings. The van der Waals surface area contributed by atoms with Gasteiger partial charge in [0.05, 0.1) is 6.54 Å². The molecule has 2 saturated heterocycles. The van der Waals surface area contributed by atoms with Gasteiger partial charge in [0, 0.05) is 19.1 Å². The van der Waals surface area contributed by atoms with Gasteiger partial charge in [-0.25, -0.2) is 4.79 Å². The minimum atomic E-state index is -4.10. The molecule has 0 aromatic rings. The van der Waals surface area contributed by atoms with Crippen molar-refractivity contribution in [2.45, 2.75) is 50.7 Å². The maximum Gasteiger partial charge on any atom is 0.401 e. The van der Waals surface area contributed by atoms with Crippen LogP contribution in [0.15, 0.2) is 0 Å². The molecule has 7 heteroatoms. The Morgan fingerprint density at radius 1 is 1.13 bits per heavy atom. The minimum absolute atomic E-state index is 0.0479. The highest BCUT2D eigenvalue weighted by Crippen LogP contribution is 2.37. The van der Waals surface area contributed by atoms with E-state index in [1.54, 1.807) is 0 Å². The van der Waals surface area contributed by atoms with E-state index in [-0.39, 0.29) is 6.03 Å². The number of hydrogen-bond donors (Lipinski definition) is 1. The number of amides is 2. The largest absolute Gasteiger partial charge is 0.401 e. The lowest BCUT2D eigenvalue weighted by molar-refractivity contribution is -0.148. The number of carbonyl (C=O) groups is 1. The van der Waals surface area contributed by atoms with Crippen molar-refractivity contribution in [2.24, 2.45) is 11.8 Å². The first kappa shape index (κ1) is 16.9. The molecule has 2 amide bonds. The van der Waals surface area contributed by atoms with E-state index in [1.807, 2.05) is 4.90 Å². The molecule has 3 rings (SSSR count). The third-order valence-corrected chi connectivity index (χ3v) is 5.61. The molecule has 2 atom stereocenters. The average molecular weight is 333 g/mol. The minimum Gasteiger partial charge on any atom is -0.338 e. The maximum atomic E-state index is 12.3. The smallest absolute Gasteiger partial charge is 0.338 e. The summed E-state index contributed by atoms with van der Waals surface area (Å²) in [4.78, 5) is 15.6. The molecule has 3 aliphatic rings. The molecule has 0 aromatic carbocycles. The summed E-state index contributed by atoms with van der Waals surface area (Å²) in [6.07, 6.45) is 1.90. The van der Waals surface area contributed by atoms with Crippen LogP contribution in [0.5, 0.6) is 0 Å². The maximum absolute atomic E-state index is 12.3. The Kier molecular flexibility index (Phi) is 5.04. The summed E-state index contributed by atoms with van der Waals surface area (Å²) in [5.41, 5.74) is 0. The van der Waals surface area contributed by atoms with Gasteiger partial charge in [0.15, 0.2) is 0 Å². The third kappa shape index (κ3) is 4.52. The first-order valence-corrected chi connectivity index (χ1v) is 8.74. The van der Waals surface area contributed by atoms with Crippen molar-refractivity contribution >= 4 is 6.03 Å². The molecule has 132 valence electrons. The second-order valence-electron chi connectivity index (χ2n) is 7.34. The molecule has 0 unspecified atom stereocenters. The zero-order valence-electron chi connectivity index (χ0n) is 13.4. The highest BCUT2D eigenvalue weighted by atomic mass is 19.4. The van der Waals surface area contributed by atoms with Gasteiger partial charge in [-0.2, -0.15) is 13.2 Å². The number of halogens is 3. The Hall–Kier alpha value is -0.980. The van der Waals surface area contributed by atoms with Gasteiger partial charge in [-0.1, -0.05) is 0 Å². The molecular weight excluding hydrogens is 307 g/mol. The van der Waals surface area contributed by atoms with Crippen molar-refractivity contribution in [3.63, 3.8) is 0 Å². The number of carbonyl (C=O) groups excluding carboxylic acids is 1. The summed E-state index contributed by atoms with van der Waals surface area (Å²) < 4.78 is 37.0. The fourth-order valence-electron chi connectivity index (χ4n) is 4.34. The highest BCUT2D eigenvalue weighted by Gasteiger charge is 2.40. The van der Waals surface area contributed by atoms with Crippen LogP contribution in [0.2, 0.25) is 0 Å². The Labute approximate surface area is 135 Å². The monoisotopic (exact) mass is 333 g/mol. The van der Waals surface area contributed by atoms with Crippen molar-refractivity contribution in [3.8, 4) is 0 Å². The Bertz CT molecular complexity index is 421. The van der Waals surface area contributed by atoms with Crippen molar-refractivity contribution in [1.82, 2.24) is 15.1 Å². The summed E-state index contributed by atoms with van der Waals surface area (Å²) in [5.74, 6) is 1.12. The van der Waals surface area contributed by atoms with E-state index in [1.165, 1.54) is 11.3 Å². The van der Waals surface area contributed by atoms with Crippen LogP contribution in [-0.4, -0.2) is 60.8 Å². The van der Waals surface area contributed by atoms with Crippen molar-refractivity contribution in [2.75, 3.05) is 32.7 Å². The van der Waals surface area contributed by atoms with Crippen LogP contribution in [0.3, 0.4) is 0 Å². The molecule has 23 heavy (non-hydrogen) atoms. The molecule has 1 saturated carbocycles. The molecule has 2 aliphatic heterocycles. The van der Waals surface area contributed by atoms with Crippen molar-refractivity contribution in [1.29, 1.82) is 0 Å². The molecular formula is C16H26F3N3O. The lowest BCUT2D eigenvalue weighted by Gasteiger charge is -2.32. The lowest BCUT2D eigenvalue weighted by Crippen LogP contribution is -2.45. The standard InChI is InChI=1S/C16H26F3N3O/c17-16(18,19)11-21-7-4-12(5-8-21)3-6-20-15(23)22-10-13-1-2-14(22)9-13/h12-14H,1-11H2,(H,20,23)/t13-,14-/m0/s1. The van der Waals surface area contributed by atoms with E-state index in [4.69, 9.17) is 0 Å². The molecule has 0 spiro atoms. The fraction of sp³-hybridized carbons (Fsp3) is 0.938. The van der Waals surface area contributed by atoms with E-state index < -0.39 is 12.7 Å². The van der Waals surface area contributed by atoms with Crippen LogP contribution >= 0.6 is 0 Å². The van der Waals surface area contributed by atoms with Crippen LogP contribution in [0.25, 0.3) is 0 Å². The highest BCUT2D eigenvalue weighted by molar-refractivity contribution is 5.75. The Balaban J connectivity index is 1.30. The summed E-state index contributed by atoms with van der Waals surface area (Å²) >= 11 is 0. The molecule has 0 radical (unpaired) electrons. The van der Waals surface area contributed by atoms with Crippen LogP contribution in [0.1, 0.15) is 38.5 Å².